The first kappa shape index (κ1) is 8.05. The summed E-state index contributed by atoms with van der Waals surface area (Å²) in [7, 11) is 0. The van der Waals surface area contributed by atoms with Gasteiger partial charge in [0.1, 0.15) is 0 Å². The van der Waals surface area contributed by atoms with Gasteiger partial charge in [0, 0.05) is 5.22 Å². The summed E-state index contributed by atoms with van der Waals surface area (Å²) in [6.07, 6.45) is 0. The van der Waals surface area contributed by atoms with Crippen LogP contribution in [0, 0.1) is 0 Å². The lowest BCUT2D eigenvalue weighted by molar-refractivity contribution is -0.114. The van der Waals surface area contributed by atoms with Gasteiger partial charge < -0.3 is 0 Å². The van der Waals surface area contributed by atoms with E-state index in [1.165, 1.54) is 0 Å². The first-order valence-electron chi connectivity index (χ1n) is 4.38. The molecule has 2 aliphatic rings. The smallest absolute Gasteiger partial charge is 0.272 e. The standard InChI is InChI=1S/C10H5N3O2/c14-9-7-5-3-1-2-4-6(5)11-8(7)12-10(15)13-9/h1-4H,(H,13,14,15). The number of fused-ring (bicyclic) bond motifs is 2. The second-order valence-electron chi connectivity index (χ2n) is 3.20. The highest BCUT2D eigenvalue weighted by Crippen LogP contribution is 2.07. The second kappa shape index (κ2) is 2.60. The quantitative estimate of drug-likeness (QED) is 0.589. The van der Waals surface area contributed by atoms with Crippen LogP contribution in [0.25, 0.3) is 5.57 Å². The number of amidine groups is 1. The van der Waals surface area contributed by atoms with E-state index in [0.717, 1.165) is 5.22 Å². The van der Waals surface area contributed by atoms with Crippen molar-refractivity contribution in [3.63, 3.8) is 0 Å². The van der Waals surface area contributed by atoms with Gasteiger partial charge in [0.15, 0.2) is 5.84 Å². The molecule has 0 bridgehead atoms. The molecule has 1 aromatic carbocycles. The van der Waals surface area contributed by atoms with Crippen LogP contribution in [0.3, 0.4) is 0 Å². The molecule has 5 nitrogen and oxygen atoms in total. The van der Waals surface area contributed by atoms with Crippen LogP contribution in [0.15, 0.2) is 34.3 Å². The molecule has 0 unspecified atom stereocenters. The Morgan fingerprint density at radius 2 is 1.87 bits per heavy atom. The van der Waals surface area contributed by atoms with Crippen molar-refractivity contribution in [2.75, 3.05) is 0 Å². The largest absolute Gasteiger partial charge is 0.349 e. The topological polar surface area (TPSA) is 70.9 Å². The number of benzene rings is 1. The summed E-state index contributed by atoms with van der Waals surface area (Å²) < 4.78 is 0. The Bertz CT molecular complexity index is 643. The Kier molecular flexibility index (Phi) is 1.39. The molecule has 5 heteroatoms. The van der Waals surface area contributed by atoms with Gasteiger partial charge in [-0.3, -0.25) is 10.1 Å². The number of imide groups is 1. The van der Waals surface area contributed by atoms with Gasteiger partial charge in [0.25, 0.3) is 5.91 Å². The highest BCUT2D eigenvalue weighted by Gasteiger charge is 2.27. The number of hydrogen-bond acceptors (Lipinski definition) is 3. The number of hydrogen-bond donors (Lipinski definition) is 1. The summed E-state index contributed by atoms with van der Waals surface area (Å²) >= 11 is 0. The van der Waals surface area contributed by atoms with Gasteiger partial charge in [0.05, 0.1) is 10.9 Å². The summed E-state index contributed by atoms with van der Waals surface area (Å²) in [5.41, 5.74) is 0.380. The molecule has 72 valence electrons. The molecule has 0 saturated heterocycles. The monoisotopic (exact) mass is 199 g/mol. The third kappa shape index (κ3) is 1.03. The number of aliphatic imine (C=N–C) groups is 1. The van der Waals surface area contributed by atoms with E-state index in [4.69, 9.17) is 0 Å². The van der Waals surface area contributed by atoms with Crippen LogP contribution in [-0.2, 0) is 4.79 Å². The fourth-order valence-corrected chi connectivity index (χ4v) is 1.66. The van der Waals surface area contributed by atoms with Crippen LogP contribution >= 0.6 is 0 Å². The highest BCUT2D eigenvalue weighted by atomic mass is 16.2. The Morgan fingerprint density at radius 3 is 2.73 bits per heavy atom. The molecule has 0 atom stereocenters. The summed E-state index contributed by atoms with van der Waals surface area (Å²) in [5.74, 6) is -0.219. The average molecular weight is 199 g/mol. The van der Waals surface area contributed by atoms with Crippen molar-refractivity contribution in [3.05, 3.63) is 34.8 Å². The molecule has 1 N–H and O–H groups in total. The number of nitrogens with one attached hydrogen (secondary N) is 1. The minimum Gasteiger partial charge on any atom is -0.272 e. The van der Waals surface area contributed by atoms with Gasteiger partial charge in [-0.25, -0.2) is 9.79 Å². The van der Waals surface area contributed by atoms with E-state index in [9.17, 15) is 9.59 Å². The van der Waals surface area contributed by atoms with Crippen molar-refractivity contribution in [3.8, 4) is 0 Å². The van der Waals surface area contributed by atoms with Crippen LogP contribution in [0.1, 0.15) is 0 Å². The van der Waals surface area contributed by atoms with E-state index in [2.05, 4.69) is 15.3 Å². The third-order valence-electron chi connectivity index (χ3n) is 2.28. The van der Waals surface area contributed by atoms with Crippen molar-refractivity contribution >= 4 is 23.3 Å². The molecule has 0 aliphatic carbocycles. The van der Waals surface area contributed by atoms with Crippen molar-refractivity contribution in [2.45, 2.75) is 0 Å². The number of nitrogens with zero attached hydrogens (tertiary/aromatic N) is 2. The maximum atomic E-state index is 11.5. The summed E-state index contributed by atoms with van der Waals surface area (Å²) in [4.78, 5) is 30.3. The van der Waals surface area contributed by atoms with Gasteiger partial charge >= 0.3 is 6.03 Å². The zero-order valence-electron chi connectivity index (χ0n) is 7.52. The zero-order chi connectivity index (χ0) is 10.4. The molecule has 0 saturated carbocycles. The lowest BCUT2D eigenvalue weighted by Crippen LogP contribution is -2.38. The second-order valence-corrected chi connectivity index (χ2v) is 3.20. The number of carbonyl (C=O) groups is 2. The van der Waals surface area contributed by atoms with Crippen molar-refractivity contribution in [1.82, 2.24) is 5.32 Å². The van der Waals surface area contributed by atoms with Crippen molar-refractivity contribution in [1.29, 1.82) is 0 Å². The van der Waals surface area contributed by atoms with Crippen LogP contribution in [0.2, 0.25) is 0 Å². The van der Waals surface area contributed by atoms with Gasteiger partial charge in [-0.15, -0.1) is 0 Å². The molecule has 0 spiro atoms. The van der Waals surface area contributed by atoms with Crippen LogP contribution in [0.4, 0.5) is 4.79 Å². The van der Waals surface area contributed by atoms with E-state index in [0.29, 0.717) is 10.9 Å². The van der Waals surface area contributed by atoms with Crippen LogP contribution in [0.5, 0.6) is 0 Å². The zero-order valence-corrected chi connectivity index (χ0v) is 7.52. The van der Waals surface area contributed by atoms with Crippen molar-refractivity contribution in [2.24, 2.45) is 9.98 Å². The maximum Gasteiger partial charge on any atom is 0.349 e. The fourth-order valence-electron chi connectivity index (χ4n) is 1.66. The molecule has 0 radical (unpaired) electrons. The predicted octanol–water partition coefficient (Wildman–Crippen LogP) is -0.881. The molecule has 2 aliphatic heterocycles. The number of carbonyl (C=O) groups excluding carboxylic acids is 2. The number of amides is 3. The summed E-state index contributed by atoms with van der Waals surface area (Å²) in [6, 6.07) is 6.54. The lowest BCUT2D eigenvalue weighted by Gasteiger charge is -2.07. The number of urea groups is 1. The molecule has 2 heterocycles. The Balaban J connectivity index is 2.46. The predicted molar refractivity (Wildman–Crippen MR) is 51.6 cm³/mol. The van der Waals surface area contributed by atoms with Crippen molar-refractivity contribution < 1.29 is 9.59 Å². The van der Waals surface area contributed by atoms with E-state index >= 15 is 0 Å². The van der Waals surface area contributed by atoms with Gasteiger partial charge in [-0.1, -0.05) is 18.2 Å². The highest BCUT2D eigenvalue weighted by molar-refractivity contribution is 6.47. The normalized spacial score (nSPS) is 17.6. The minimum atomic E-state index is -0.657. The minimum absolute atomic E-state index is 0.213. The molecular weight excluding hydrogens is 194 g/mol. The van der Waals surface area contributed by atoms with Gasteiger partial charge in [-0.2, -0.15) is 4.99 Å². The number of para-hydroxylation sites is 1. The fraction of sp³-hybridized carbons (Fsp3) is 0. The summed E-state index contributed by atoms with van der Waals surface area (Å²) in [6.45, 7) is 0. The van der Waals surface area contributed by atoms with E-state index in [1.54, 1.807) is 12.1 Å². The lowest BCUT2D eigenvalue weighted by atomic mass is 10.1. The first-order chi connectivity index (χ1) is 7.25. The first-order valence-corrected chi connectivity index (χ1v) is 4.38. The third-order valence-corrected chi connectivity index (χ3v) is 2.28. The summed E-state index contributed by atoms with van der Waals surface area (Å²) in [5, 5.41) is 3.53. The van der Waals surface area contributed by atoms with E-state index < -0.39 is 11.9 Å². The van der Waals surface area contributed by atoms with Gasteiger partial charge in [-0.05, 0) is 6.07 Å². The molecule has 0 aromatic heterocycles. The molecule has 15 heavy (non-hydrogen) atoms. The maximum absolute atomic E-state index is 11.5. The van der Waals surface area contributed by atoms with Gasteiger partial charge in [0.2, 0.25) is 0 Å². The SMILES string of the molecule is O=C1N=C2N=c3ccccc3=C2C(=O)N1. The Morgan fingerprint density at radius 1 is 1.07 bits per heavy atom. The van der Waals surface area contributed by atoms with Crippen LogP contribution in [-0.4, -0.2) is 17.8 Å². The average Bonchev–Trinajstić information content (AvgIpc) is 2.54. The molecular formula is C10H5N3O2. The van der Waals surface area contributed by atoms with Crippen LogP contribution < -0.4 is 15.9 Å². The number of rotatable bonds is 0. The molecule has 3 rings (SSSR count). The van der Waals surface area contributed by atoms with E-state index in [-0.39, 0.29) is 5.84 Å². The Labute approximate surface area is 83.9 Å². The van der Waals surface area contributed by atoms with E-state index in [1.807, 2.05) is 12.1 Å². The Hall–Kier alpha value is -2.30. The molecule has 3 amide bonds. The molecule has 0 fully saturated rings. The molecule has 1 aromatic rings.